The SMILES string of the molecule is Nc1nc2c(CN3CCC(CO)C3)c[nH]c2c(=O)[nH]1. The Kier molecular flexibility index (Phi) is 3.00. The van der Waals surface area contributed by atoms with Crippen LogP contribution in [0.5, 0.6) is 0 Å². The topological polar surface area (TPSA) is 111 Å². The molecule has 3 heterocycles. The average molecular weight is 263 g/mol. The molecule has 1 saturated heterocycles. The maximum atomic E-state index is 11.7. The van der Waals surface area contributed by atoms with Gasteiger partial charge in [-0.05, 0) is 18.9 Å². The first-order valence-electron chi connectivity index (χ1n) is 6.36. The van der Waals surface area contributed by atoms with E-state index in [1.54, 1.807) is 6.20 Å². The molecule has 1 aliphatic rings. The number of nitrogens with two attached hydrogens (primary N) is 1. The smallest absolute Gasteiger partial charge is 0.276 e. The van der Waals surface area contributed by atoms with Gasteiger partial charge in [0.15, 0.2) is 0 Å². The van der Waals surface area contributed by atoms with Crippen molar-refractivity contribution in [1.82, 2.24) is 19.9 Å². The zero-order valence-corrected chi connectivity index (χ0v) is 10.5. The van der Waals surface area contributed by atoms with Crippen molar-refractivity contribution in [3.8, 4) is 0 Å². The largest absolute Gasteiger partial charge is 0.396 e. The highest BCUT2D eigenvalue weighted by Gasteiger charge is 2.22. The maximum absolute atomic E-state index is 11.7. The number of nitrogen functional groups attached to an aromatic ring is 1. The molecule has 1 unspecified atom stereocenters. The Morgan fingerprint density at radius 1 is 1.58 bits per heavy atom. The van der Waals surface area contributed by atoms with Gasteiger partial charge in [0.2, 0.25) is 5.95 Å². The maximum Gasteiger partial charge on any atom is 0.276 e. The van der Waals surface area contributed by atoms with E-state index in [-0.39, 0.29) is 18.1 Å². The summed E-state index contributed by atoms with van der Waals surface area (Å²) in [6.07, 6.45) is 2.81. The Morgan fingerprint density at radius 2 is 2.42 bits per heavy atom. The fourth-order valence-electron chi connectivity index (χ4n) is 2.65. The van der Waals surface area contributed by atoms with Gasteiger partial charge in [-0.1, -0.05) is 0 Å². The van der Waals surface area contributed by atoms with Crippen LogP contribution in [-0.2, 0) is 6.54 Å². The lowest BCUT2D eigenvalue weighted by Crippen LogP contribution is -2.21. The summed E-state index contributed by atoms with van der Waals surface area (Å²) in [5.41, 5.74) is 7.39. The van der Waals surface area contributed by atoms with Crippen molar-refractivity contribution in [2.24, 2.45) is 5.92 Å². The van der Waals surface area contributed by atoms with Gasteiger partial charge in [0.25, 0.3) is 5.56 Å². The molecule has 1 aliphatic heterocycles. The molecule has 1 fully saturated rings. The predicted octanol–water partition coefficient (Wildman–Crippen LogP) is -0.352. The average Bonchev–Trinajstić information content (AvgIpc) is 2.97. The lowest BCUT2D eigenvalue weighted by Gasteiger charge is -2.14. The summed E-state index contributed by atoms with van der Waals surface area (Å²) in [7, 11) is 0. The van der Waals surface area contributed by atoms with Gasteiger partial charge in [-0.15, -0.1) is 0 Å². The molecule has 0 amide bonds. The Labute approximate surface area is 109 Å². The highest BCUT2D eigenvalue weighted by atomic mass is 16.3. The molecule has 5 N–H and O–H groups in total. The summed E-state index contributed by atoms with van der Waals surface area (Å²) in [6, 6.07) is 0. The first-order valence-corrected chi connectivity index (χ1v) is 6.36. The van der Waals surface area contributed by atoms with Crippen LogP contribution in [0.1, 0.15) is 12.0 Å². The van der Waals surface area contributed by atoms with Gasteiger partial charge in [0.05, 0.1) is 0 Å². The molecule has 0 bridgehead atoms. The Balaban J connectivity index is 1.88. The quantitative estimate of drug-likeness (QED) is 0.604. The molecular weight excluding hydrogens is 246 g/mol. The van der Waals surface area contributed by atoms with Crippen LogP contribution in [0.3, 0.4) is 0 Å². The third-order valence-corrected chi connectivity index (χ3v) is 3.65. The minimum Gasteiger partial charge on any atom is -0.396 e. The summed E-state index contributed by atoms with van der Waals surface area (Å²) in [6.45, 7) is 2.78. The van der Waals surface area contributed by atoms with Gasteiger partial charge < -0.3 is 15.8 Å². The normalized spacial score (nSPS) is 20.4. The van der Waals surface area contributed by atoms with Crippen LogP contribution in [0.15, 0.2) is 11.0 Å². The van der Waals surface area contributed by atoms with E-state index in [9.17, 15) is 4.79 Å². The first kappa shape index (κ1) is 12.2. The highest BCUT2D eigenvalue weighted by molar-refractivity contribution is 5.78. The van der Waals surface area contributed by atoms with Crippen LogP contribution in [-0.4, -0.2) is 44.7 Å². The molecule has 0 saturated carbocycles. The van der Waals surface area contributed by atoms with E-state index < -0.39 is 0 Å². The number of aromatic amines is 2. The van der Waals surface area contributed by atoms with Crippen LogP contribution in [0.2, 0.25) is 0 Å². The van der Waals surface area contributed by atoms with Gasteiger partial charge in [-0.25, -0.2) is 4.98 Å². The number of rotatable bonds is 3. The zero-order valence-electron chi connectivity index (χ0n) is 10.5. The first-order chi connectivity index (χ1) is 9.17. The lowest BCUT2D eigenvalue weighted by molar-refractivity contribution is 0.220. The standard InChI is InChI=1S/C12H17N5O2/c13-12-15-9-8(3-14-10(9)11(19)16-12)5-17-2-1-7(4-17)6-18/h3,7,14,18H,1-2,4-6H2,(H3,13,15,16,19). The summed E-state index contributed by atoms with van der Waals surface area (Å²) in [5, 5.41) is 9.15. The molecule has 7 heteroatoms. The summed E-state index contributed by atoms with van der Waals surface area (Å²) in [4.78, 5) is 23.6. The van der Waals surface area contributed by atoms with Gasteiger partial charge >= 0.3 is 0 Å². The van der Waals surface area contributed by atoms with Crippen molar-refractivity contribution in [2.45, 2.75) is 13.0 Å². The summed E-state index contributed by atoms with van der Waals surface area (Å²) in [5.74, 6) is 0.486. The third kappa shape index (κ3) is 2.22. The lowest BCUT2D eigenvalue weighted by atomic mass is 10.1. The predicted molar refractivity (Wildman–Crippen MR) is 71.6 cm³/mol. The molecule has 0 aliphatic carbocycles. The molecule has 2 aromatic heterocycles. The van der Waals surface area contributed by atoms with E-state index in [1.165, 1.54) is 0 Å². The van der Waals surface area contributed by atoms with E-state index in [1.807, 2.05) is 0 Å². The number of H-pyrrole nitrogens is 2. The molecule has 0 radical (unpaired) electrons. The monoisotopic (exact) mass is 263 g/mol. The van der Waals surface area contributed by atoms with Crippen molar-refractivity contribution >= 4 is 17.0 Å². The molecule has 0 aromatic carbocycles. The van der Waals surface area contributed by atoms with Gasteiger partial charge in [0.1, 0.15) is 11.0 Å². The summed E-state index contributed by atoms with van der Waals surface area (Å²) < 4.78 is 0. The van der Waals surface area contributed by atoms with Gasteiger partial charge in [-0.3, -0.25) is 14.7 Å². The fraction of sp³-hybridized carbons (Fsp3) is 0.500. The second-order valence-corrected chi connectivity index (χ2v) is 5.06. The van der Waals surface area contributed by atoms with Crippen LogP contribution < -0.4 is 11.3 Å². The second kappa shape index (κ2) is 4.67. The number of hydrogen-bond donors (Lipinski definition) is 4. The number of aliphatic hydroxyl groups is 1. The van der Waals surface area contributed by atoms with Crippen LogP contribution >= 0.6 is 0 Å². The second-order valence-electron chi connectivity index (χ2n) is 5.06. The molecule has 1 atom stereocenters. The number of likely N-dealkylation sites (tertiary alicyclic amines) is 1. The fourth-order valence-corrected chi connectivity index (χ4v) is 2.65. The van der Waals surface area contributed by atoms with Crippen molar-refractivity contribution in [3.05, 3.63) is 22.1 Å². The molecule has 0 spiro atoms. The van der Waals surface area contributed by atoms with E-state index in [4.69, 9.17) is 10.8 Å². The molecular formula is C12H17N5O2. The summed E-state index contributed by atoms with van der Waals surface area (Å²) >= 11 is 0. The number of fused-ring (bicyclic) bond motifs is 1. The molecule has 3 rings (SSSR count). The minimum atomic E-state index is -0.247. The minimum absolute atomic E-state index is 0.132. The van der Waals surface area contributed by atoms with Crippen molar-refractivity contribution in [3.63, 3.8) is 0 Å². The van der Waals surface area contributed by atoms with E-state index >= 15 is 0 Å². The number of aliphatic hydroxyl groups excluding tert-OH is 1. The van der Waals surface area contributed by atoms with E-state index in [0.717, 1.165) is 25.1 Å². The molecule has 2 aromatic rings. The van der Waals surface area contributed by atoms with Crippen LogP contribution in [0.25, 0.3) is 11.0 Å². The highest BCUT2D eigenvalue weighted by Crippen LogP contribution is 2.21. The Bertz CT molecular complexity index is 647. The molecule has 102 valence electrons. The molecule has 19 heavy (non-hydrogen) atoms. The van der Waals surface area contributed by atoms with Crippen molar-refractivity contribution in [1.29, 1.82) is 0 Å². The van der Waals surface area contributed by atoms with Gasteiger partial charge in [0, 0.05) is 31.5 Å². The Hall–Kier alpha value is -1.86. The van der Waals surface area contributed by atoms with Crippen LogP contribution in [0, 0.1) is 5.92 Å². The number of anilines is 1. The number of hydrogen-bond acceptors (Lipinski definition) is 5. The van der Waals surface area contributed by atoms with E-state index in [2.05, 4.69) is 19.9 Å². The third-order valence-electron chi connectivity index (χ3n) is 3.65. The number of nitrogens with one attached hydrogen (secondary N) is 2. The van der Waals surface area contributed by atoms with Crippen LogP contribution in [0.4, 0.5) is 5.95 Å². The number of nitrogens with zero attached hydrogens (tertiary/aromatic N) is 2. The van der Waals surface area contributed by atoms with Crippen molar-refractivity contribution < 1.29 is 5.11 Å². The molecule has 7 nitrogen and oxygen atoms in total. The Morgan fingerprint density at radius 3 is 3.16 bits per heavy atom. The zero-order chi connectivity index (χ0) is 13.4. The number of aromatic nitrogens is 3. The van der Waals surface area contributed by atoms with Crippen molar-refractivity contribution in [2.75, 3.05) is 25.4 Å². The van der Waals surface area contributed by atoms with E-state index in [0.29, 0.717) is 23.5 Å². The van der Waals surface area contributed by atoms with Gasteiger partial charge in [-0.2, -0.15) is 0 Å².